The minimum absolute atomic E-state index is 0.0648. The van der Waals surface area contributed by atoms with Crippen molar-refractivity contribution in [3.8, 4) is 17.0 Å². The summed E-state index contributed by atoms with van der Waals surface area (Å²) in [5, 5.41) is 0. The molecule has 30 heavy (non-hydrogen) atoms. The lowest BCUT2D eigenvalue weighted by Crippen LogP contribution is -2.34. The smallest absolute Gasteiger partial charge is 0.387 e. The molecule has 158 valence electrons. The van der Waals surface area contributed by atoms with Gasteiger partial charge in [-0.2, -0.15) is 13.8 Å². The van der Waals surface area contributed by atoms with Crippen LogP contribution in [0, 0.1) is 17.8 Å². The molecule has 2 saturated heterocycles. The number of hydrogen-bond acceptors (Lipinski definition) is 7. The summed E-state index contributed by atoms with van der Waals surface area (Å²) in [4.78, 5) is 18.4. The van der Waals surface area contributed by atoms with Crippen molar-refractivity contribution in [3.05, 3.63) is 18.3 Å². The van der Waals surface area contributed by atoms with Crippen LogP contribution in [0.25, 0.3) is 11.3 Å². The molecule has 9 heteroatoms. The molecule has 2 N–H and O–H groups in total. The van der Waals surface area contributed by atoms with Gasteiger partial charge in [0.05, 0.1) is 5.69 Å². The molecule has 2 aromatic rings. The molecule has 7 nitrogen and oxygen atoms in total. The molecule has 4 unspecified atom stereocenters. The Labute approximate surface area is 173 Å². The van der Waals surface area contributed by atoms with Gasteiger partial charge in [0.1, 0.15) is 5.82 Å². The van der Waals surface area contributed by atoms with Gasteiger partial charge < -0.3 is 20.3 Å². The Kier molecular flexibility index (Phi) is 4.01. The second-order valence-electron chi connectivity index (χ2n) is 9.04. The molecule has 4 aliphatic rings. The summed E-state index contributed by atoms with van der Waals surface area (Å²) in [5.41, 5.74) is 6.97. The second kappa shape index (κ2) is 6.65. The number of nitrogens with two attached hydrogens (primary N) is 1. The normalized spacial score (nSPS) is 29.0. The quantitative estimate of drug-likeness (QED) is 0.805. The highest BCUT2D eigenvalue weighted by atomic mass is 19.3. The van der Waals surface area contributed by atoms with Crippen LogP contribution in [0.15, 0.2) is 18.3 Å². The molecule has 2 aliphatic carbocycles. The Morgan fingerprint density at radius 1 is 1.07 bits per heavy atom. The zero-order valence-electron chi connectivity index (χ0n) is 16.5. The average Bonchev–Trinajstić information content (AvgIpc) is 3.12. The van der Waals surface area contributed by atoms with E-state index in [4.69, 9.17) is 15.7 Å². The fourth-order valence-electron chi connectivity index (χ4n) is 5.40. The maximum absolute atomic E-state index is 12.8. The highest BCUT2D eigenvalue weighted by Gasteiger charge is 2.46. The Morgan fingerprint density at radius 3 is 2.60 bits per heavy atom. The number of pyridine rings is 1. The van der Waals surface area contributed by atoms with Gasteiger partial charge in [0, 0.05) is 43.5 Å². The molecular formula is C21H24F2N6O. The van der Waals surface area contributed by atoms with E-state index in [2.05, 4.69) is 19.5 Å². The van der Waals surface area contributed by atoms with Crippen molar-refractivity contribution in [1.29, 1.82) is 0 Å². The summed E-state index contributed by atoms with van der Waals surface area (Å²) in [6, 6.07) is 3.91. The first-order chi connectivity index (χ1) is 14.5. The molecule has 0 amide bonds. The Bertz CT molecular complexity index is 978. The first-order valence-corrected chi connectivity index (χ1v) is 10.6. The molecule has 4 heterocycles. The molecular weight excluding hydrogens is 390 g/mol. The van der Waals surface area contributed by atoms with E-state index in [1.807, 2.05) is 6.07 Å². The van der Waals surface area contributed by atoms with Crippen LogP contribution in [-0.2, 0) is 0 Å². The minimum Gasteiger partial charge on any atom is -0.431 e. The fourth-order valence-corrected chi connectivity index (χ4v) is 5.40. The van der Waals surface area contributed by atoms with Gasteiger partial charge in [-0.1, -0.05) is 0 Å². The van der Waals surface area contributed by atoms with Gasteiger partial charge in [-0.05, 0) is 49.5 Å². The standard InChI is InChI=1S/C21H24F2N6O/c22-20(23)30-17-5-12(7-25-19(17)24)16-6-18(28-9-13-4-14(13)10-28)27-21(26-16)29-8-11-1-2-15(29)3-11/h5-7,11,13-15,20H,1-4,8-10H2,(H2,24,25). The van der Waals surface area contributed by atoms with Crippen LogP contribution < -0.4 is 20.3 Å². The predicted molar refractivity (Wildman–Crippen MR) is 109 cm³/mol. The van der Waals surface area contributed by atoms with Crippen LogP contribution in [-0.4, -0.2) is 47.2 Å². The van der Waals surface area contributed by atoms with Crippen LogP contribution in [0.4, 0.5) is 26.4 Å². The highest BCUT2D eigenvalue weighted by Crippen LogP contribution is 2.47. The lowest BCUT2D eigenvalue weighted by Gasteiger charge is -2.29. The Balaban J connectivity index is 1.39. The number of nitrogen functional groups attached to an aromatic ring is 1. The topological polar surface area (TPSA) is 80.4 Å². The van der Waals surface area contributed by atoms with E-state index in [1.54, 1.807) is 6.20 Å². The minimum atomic E-state index is -2.96. The largest absolute Gasteiger partial charge is 0.431 e. The van der Waals surface area contributed by atoms with Crippen LogP contribution >= 0.6 is 0 Å². The zero-order valence-corrected chi connectivity index (χ0v) is 16.5. The van der Waals surface area contributed by atoms with Crippen molar-refractivity contribution >= 4 is 17.6 Å². The molecule has 2 aromatic heterocycles. The van der Waals surface area contributed by atoms with Crippen molar-refractivity contribution in [2.75, 3.05) is 35.2 Å². The first kappa shape index (κ1) is 18.1. The summed E-state index contributed by atoms with van der Waals surface area (Å²) in [6.07, 6.45) is 6.53. The van der Waals surface area contributed by atoms with Gasteiger partial charge in [0.25, 0.3) is 0 Å². The number of piperidine rings is 2. The summed E-state index contributed by atoms with van der Waals surface area (Å²) in [6.45, 7) is 0.0642. The van der Waals surface area contributed by atoms with Crippen LogP contribution in [0.2, 0.25) is 0 Å². The van der Waals surface area contributed by atoms with Gasteiger partial charge >= 0.3 is 6.61 Å². The molecule has 6 rings (SSSR count). The Hall–Kier alpha value is -2.71. The third kappa shape index (κ3) is 3.11. The van der Waals surface area contributed by atoms with E-state index < -0.39 is 6.61 Å². The van der Waals surface area contributed by atoms with E-state index in [9.17, 15) is 8.78 Å². The molecule has 0 aromatic carbocycles. The van der Waals surface area contributed by atoms with Crippen molar-refractivity contribution in [2.24, 2.45) is 17.8 Å². The van der Waals surface area contributed by atoms with E-state index in [0.29, 0.717) is 17.3 Å². The number of hydrogen-bond donors (Lipinski definition) is 1. The maximum atomic E-state index is 12.8. The van der Waals surface area contributed by atoms with Gasteiger partial charge in [-0.15, -0.1) is 0 Å². The average molecular weight is 414 g/mol. The van der Waals surface area contributed by atoms with Crippen molar-refractivity contribution in [2.45, 2.75) is 38.3 Å². The highest BCUT2D eigenvalue weighted by molar-refractivity contribution is 5.68. The first-order valence-electron chi connectivity index (χ1n) is 10.6. The predicted octanol–water partition coefficient (Wildman–Crippen LogP) is 3.17. The number of halogens is 2. The molecule has 0 radical (unpaired) electrons. The van der Waals surface area contributed by atoms with E-state index in [1.165, 1.54) is 31.7 Å². The van der Waals surface area contributed by atoms with Crippen LogP contribution in [0.3, 0.4) is 0 Å². The lowest BCUT2D eigenvalue weighted by atomic mass is 10.1. The number of nitrogens with zero attached hydrogens (tertiary/aromatic N) is 5. The van der Waals surface area contributed by atoms with Gasteiger partial charge in [0.2, 0.25) is 5.95 Å². The van der Waals surface area contributed by atoms with Gasteiger partial charge in [0.15, 0.2) is 11.6 Å². The number of rotatable bonds is 5. The van der Waals surface area contributed by atoms with E-state index in [-0.39, 0.29) is 11.6 Å². The summed E-state index contributed by atoms with van der Waals surface area (Å²) >= 11 is 0. The summed E-state index contributed by atoms with van der Waals surface area (Å²) in [7, 11) is 0. The molecule has 2 bridgehead atoms. The number of fused-ring (bicyclic) bond motifs is 3. The third-order valence-electron chi connectivity index (χ3n) is 7.06. The molecule has 0 spiro atoms. The summed E-state index contributed by atoms with van der Waals surface area (Å²) in [5.74, 6) is 3.70. The van der Waals surface area contributed by atoms with Crippen LogP contribution in [0.5, 0.6) is 5.75 Å². The number of aromatic nitrogens is 3. The SMILES string of the molecule is Nc1ncc(-c2cc(N3CC4CC4C3)nc(N3CC4CCC3C4)n2)cc1OC(F)F. The van der Waals surface area contributed by atoms with Crippen molar-refractivity contribution in [1.82, 2.24) is 15.0 Å². The van der Waals surface area contributed by atoms with Crippen LogP contribution in [0.1, 0.15) is 25.7 Å². The molecule has 2 saturated carbocycles. The molecule has 4 fully saturated rings. The number of anilines is 3. The Morgan fingerprint density at radius 2 is 1.90 bits per heavy atom. The lowest BCUT2D eigenvalue weighted by molar-refractivity contribution is -0.0494. The molecule has 4 atom stereocenters. The van der Waals surface area contributed by atoms with Gasteiger partial charge in [-0.3, -0.25) is 0 Å². The zero-order chi connectivity index (χ0) is 20.4. The monoisotopic (exact) mass is 414 g/mol. The second-order valence-corrected chi connectivity index (χ2v) is 9.04. The number of alkyl halides is 2. The van der Waals surface area contributed by atoms with Crippen molar-refractivity contribution < 1.29 is 13.5 Å². The third-order valence-corrected chi connectivity index (χ3v) is 7.06. The maximum Gasteiger partial charge on any atom is 0.387 e. The molecule has 2 aliphatic heterocycles. The fraction of sp³-hybridized carbons (Fsp3) is 0.571. The van der Waals surface area contributed by atoms with Gasteiger partial charge in [-0.25, -0.2) is 9.97 Å². The summed E-state index contributed by atoms with van der Waals surface area (Å²) < 4.78 is 30.1. The number of ether oxygens (including phenoxy) is 1. The van der Waals surface area contributed by atoms with E-state index in [0.717, 1.165) is 49.2 Å². The van der Waals surface area contributed by atoms with Crippen molar-refractivity contribution in [3.63, 3.8) is 0 Å². The van der Waals surface area contributed by atoms with E-state index >= 15 is 0 Å².